The van der Waals surface area contributed by atoms with Gasteiger partial charge in [0, 0.05) is 0 Å². The molecule has 0 saturated carbocycles. The standard InChI is InChI=1S/C11H12O2/c1-3-4-11(12)9-5-7-10(13-2)8-6-9/h4-8,11-12H,1H2,2H3. The zero-order valence-electron chi connectivity index (χ0n) is 7.53. The van der Waals surface area contributed by atoms with Crippen molar-refractivity contribution in [2.45, 2.75) is 6.10 Å². The third-order valence-electron chi connectivity index (χ3n) is 1.73. The van der Waals surface area contributed by atoms with E-state index in [1.165, 1.54) is 6.08 Å². The van der Waals surface area contributed by atoms with Crippen molar-refractivity contribution in [1.29, 1.82) is 0 Å². The maximum atomic E-state index is 9.49. The van der Waals surface area contributed by atoms with Crippen molar-refractivity contribution in [2.24, 2.45) is 0 Å². The zero-order chi connectivity index (χ0) is 9.68. The van der Waals surface area contributed by atoms with Gasteiger partial charge >= 0.3 is 0 Å². The van der Waals surface area contributed by atoms with Crippen LogP contribution in [-0.2, 0) is 0 Å². The van der Waals surface area contributed by atoms with Crippen LogP contribution in [0, 0.1) is 0 Å². The van der Waals surface area contributed by atoms with Gasteiger partial charge < -0.3 is 9.84 Å². The lowest BCUT2D eigenvalue weighted by molar-refractivity contribution is 0.229. The van der Waals surface area contributed by atoms with Gasteiger partial charge in [-0.15, -0.1) is 5.73 Å². The summed E-state index contributed by atoms with van der Waals surface area (Å²) in [7, 11) is 1.61. The summed E-state index contributed by atoms with van der Waals surface area (Å²) < 4.78 is 4.99. The van der Waals surface area contributed by atoms with E-state index in [0.717, 1.165) is 11.3 Å². The fraction of sp³-hybridized carbons (Fsp3) is 0.182. The first kappa shape index (κ1) is 9.59. The van der Waals surface area contributed by atoms with Crippen LogP contribution in [0.15, 0.2) is 42.7 Å². The quantitative estimate of drug-likeness (QED) is 0.714. The number of ether oxygens (including phenoxy) is 1. The summed E-state index contributed by atoms with van der Waals surface area (Å²) in [6.07, 6.45) is 0.866. The van der Waals surface area contributed by atoms with Crippen LogP contribution in [0.25, 0.3) is 0 Å². The van der Waals surface area contributed by atoms with Gasteiger partial charge in [0.1, 0.15) is 11.9 Å². The molecular formula is C11H12O2. The minimum atomic E-state index is -0.636. The molecule has 0 aliphatic rings. The fourth-order valence-corrected chi connectivity index (χ4v) is 1.01. The molecule has 13 heavy (non-hydrogen) atoms. The van der Waals surface area contributed by atoms with Gasteiger partial charge in [-0.05, 0) is 23.8 Å². The Bertz CT molecular complexity index is 307. The molecule has 1 aromatic rings. The molecule has 2 nitrogen and oxygen atoms in total. The maximum Gasteiger partial charge on any atom is 0.118 e. The second-order valence-corrected chi connectivity index (χ2v) is 2.59. The van der Waals surface area contributed by atoms with Gasteiger partial charge in [-0.3, -0.25) is 0 Å². The van der Waals surface area contributed by atoms with E-state index in [-0.39, 0.29) is 0 Å². The Hall–Kier alpha value is -1.50. The highest BCUT2D eigenvalue weighted by molar-refractivity contribution is 5.29. The normalized spacial score (nSPS) is 11.5. The summed E-state index contributed by atoms with van der Waals surface area (Å²) in [5.41, 5.74) is 3.34. The lowest BCUT2D eigenvalue weighted by Gasteiger charge is -2.05. The number of benzene rings is 1. The van der Waals surface area contributed by atoms with Gasteiger partial charge in [0.15, 0.2) is 0 Å². The molecular weight excluding hydrogens is 164 g/mol. The molecule has 1 aromatic carbocycles. The topological polar surface area (TPSA) is 29.5 Å². The maximum absolute atomic E-state index is 9.49. The third-order valence-corrected chi connectivity index (χ3v) is 1.73. The number of methoxy groups -OCH3 is 1. The molecule has 1 unspecified atom stereocenters. The first-order chi connectivity index (χ1) is 6.27. The predicted molar refractivity (Wildman–Crippen MR) is 51.7 cm³/mol. The molecule has 1 rings (SSSR count). The lowest BCUT2D eigenvalue weighted by Crippen LogP contribution is -1.92. The van der Waals surface area contributed by atoms with E-state index in [2.05, 4.69) is 12.3 Å². The molecule has 0 aliphatic carbocycles. The average Bonchev–Trinajstić information content (AvgIpc) is 2.18. The Morgan fingerprint density at radius 2 is 2.08 bits per heavy atom. The molecule has 1 N–H and O–H groups in total. The molecule has 1 atom stereocenters. The van der Waals surface area contributed by atoms with Gasteiger partial charge in [0.2, 0.25) is 0 Å². The van der Waals surface area contributed by atoms with E-state index in [0.29, 0.717) is 0 Å². The lowest BCUT2D eigenvalue weighted by atomic mass is 10.1. The van der Waals surface area contributed by atoms with Gasteiger partial charge in [0.25, 0.3) is 0 Å². The Kier molecular flexibility index (Phi) is 3.32. The van der Waals surface area contributed by atoms with Crippen molar-refractivity contribution in [3.63, 3.8) is 0 Å². The predicted octanol–water partition coefficient (Wildman–Crippen LogP) is 2.07. The fourth-order valence-electron chi connectivity index (χ4n) is 1.01. The van der Waals surface area contributed by atoms with Crippen LogP contribution in [0.5, 0.6) is 5.75 Å². The van der Waals surface area contributed by atoms with Crippen LogP contribution in [0.3, 0.4) is 0 Å². The van der Waals surface area contributed by atoms with Crippen molar-refractivity contribution in [1.82, 2.24) is 0 Å². The summed E-state index contributed by atoms with van der Waals surface area (Å²) in [4.78, 5) is 0. The number of aliphatic hydroxyl groups is 1. The molecule has 68 valence electrons. The highest BCUT2D eigenvalue weighted by atomic mass is 16.5. The Balaban J connectivity index is 2.85. The minimum absolute atomic E-state index is 0.636. The summed E-state index contributed by atoms with van der Waals surface area (Å²) in [5.74, 6) is 0.776. The largest absolute Gasteiger partial charge is 0.497 e. The summed E-state index contributed by atoms with van der Waals surface area (Å²) >= 11 is 0. The zero-order valence-corrected chi connectivity index (χ0v) is 7.53. The molecule has 0 saturated heterocycles. The van der Waals surface area contributed by atoms with E-state index in [1.807, 2.05) is 0 Å². The first-order valence-corrected chi connectivity index (χ1v) is 3.96. The van der Waals surface area contributed by atoms with Gasteiger partial charge in [-0.25, -0.2) is 0 Å². The van der Waals surface area contributed by atoms with E-state index in [1.54, 1.807) is 31.4 Å². The molecule has 0 heterocycles. The van der Waals surface area contributed by atoms with Crippen molar-refractivity contribution in [3.05, 3.63) is 48.2 Å². The van der Waals surface area contributed by atoms with Gasteiger partial charge in [0.05, 0.1) is 7.11 Å². The molecule has 0 spiro atoms. The third kappa shape index (κ3) is 2.48. The smallest absolute Gasteiger partial charge is 0.118 e. The number of rotatable bonds is 3. The SMILES string of the molecule is C=C=CC(O)c1ccc(OC)cc1. The van der Waals surface area contributed by atoms with E-state index in [9.17, 15) is 5.11 Å². The van der Waals surface area contributed by atoms with Crippen LogP contribution in [0.2, 0.25) is 0 Å². The molecule has 0 radical (unpaired) electrons. The number of hydrogen-bond donors (Lipinski definition) is 1. The number of hydrogen-bond acceptors (Lipinski definition) is 2. The van der Waals surface area contributed by atoms with Gasteiger partial charge in [-0.1, -0.05) is 18.7 Å². The molecule has 0 bridgehead atoms. The van der Waals surface area contributed by atoms with Crippen LogP contribution in [-0.4, -0.2) is 12.2 Å². The Labute approximate surface area is 77.8 Å². The highest BCUT2D eigenvalue weighted by Crippen LogP contribution is 2.17. The van der Waals surface area contributed by atoms with E-state index >= 15 is 0 Å². The average molecular weight is 176 g/mol. The molecule has 0 aliphatic heterocycles. The van der Waals surface area contributed by atoms with Crippen molar-refractivity contribution >= 4 is 0 Å². The Morgan fingerprint density at radius 3 is 2.54 bits per heavy atom. The number of aliphatic hydroxyl groups excluding tert-OH is 1. The van der Waals surface area contributed by atoms with Crippen molar-refractivity contribution in [2.75, 3.05) is 7.11 Å². The Morgan fingerprint density at radius 1 is 1.46 bits per heavy atom. The van der Waals surface area contributed by atoms with Crippen LogP contribution in [0.4, 0.5) is 0 Å². The first-order valence-electron chi connectivity index (χ1n) is 3.96. The van der Waals surface area contributed by atoms with E-state index in [4.69, 9.17) is 4.74 Å². The van der Waals surface area contributed by atoms with Crippen molar-refractivity contribution < 1.29 is 9.84 Å². The minimum Gasteiger partial charge on any atom is -0.497 e. The molecule has 0 aromatic heterocycles. The summed E-state index contributed by atoms with van der Waals surface area (Å²) in [5, 5.41) is 9.49. The molecule has 0 fully saturated rings. The monoisotopic (exact) mass is 176 g/mol. The van der Waals surface area contributed by atoms with Crippen LogP contribution >= 0.6 is 0 Å². The van der Waals surface area contributed by atoms with Crippen LogP contribution in [0.1, 0.15) is 11.7 Å². The second kappa shape index (κ2) is 4.51. The van der Waals surface area contributed by atoms with Crippen molar-refractivity contribution in [3.8, 4) is 5.75 Å². The van der Waals surface area contributed by atoms with Gasteiger partial charge in [-0.2, -0.15) is 0 Å². The summed E-state index contributed by atoms with van der Waals surface area (Å²) in [6.45, 7) is 3.39. The summed E-state index contributed by atoms with van der Waals surface area (Å²) in [6, 6.07) is 7.21. The molecule has 0 amide bonds. The molecule has 2 heteroatoms. The van der Waals surface area contributed by atoms with Crippen LogP contribution < -0.4 is 4.74 Å². The van der Waals surface area contributed by atoms with E-state index < -0.39 is 6.10 Å². The highest BCUT2D eigenvalue weighted by Gasteiger charge is 2.01. The second-order valence-electron chi connectivity index (χ2n) is 2.59.